The molecule has 1 aliphatic heterocycles. The van der Waals surface area contributed by atoms with E-state index in [1.54, 1.807) is 18.4 Å². The lowest BCUT2D eigenvalue weighted by Crippen LogP contribution is -2.39. The van der Waals surface area contributed by atoms with Crippen molar-refractivity contribution in [2.75, 3.05) is 26.7 Å². The standard InChI is InChI=1S/C16H22N2O2S/c1-17-16(20)14-5-8-18(9-6-14)12-15-13(7-11-21-15)4-2-3-10-19/h7,11,14,19H,3,5-6,8-10,12H2,1H3,(H,17,20). The minimum absolute atomic E-state index is 0.111. The van der Waals surface area contributed by atoms with Crippen molar-refractivity contribution in [3.05, 3.63) is 21.9 Å². The third kappa shape index (κ3) is 4.57. The lowest BCUT2D eigenvalue weighted by Gasteiger charge is -2.30. The van der Waals surface area contributed by atoms with Crippen LogP contribution < -0.4 is 5.32 Å². The summed E-state index contributed by atoms with van der Waals surface area (Å²) in [6.07, 6.45) is 2.37. The number of carbonyl (C=O) groups excluding carboxylic acids is 1. The second kappa shape index (κ2) is 8.18. The summed E-state index contributed by atoms with van der Waals surface area (Å²) in [5.41, 5.74) is 1.07. The van der Waals surface area contributed by atoms with Crippen molar-refractivity contribution in [1.29, 1.82) is 0 Å². The van der Waals surface area contributed by atoms with Gasteiger partial charge in [0.2, 0.25) is 5.91 Å². The van der Waals surface area contributed by atoms with Crippen LogP contribution in [0.4, 0.5) is 0 Å². The SMILES string of the molecule is CNC(=O)C1CCN(Cc2sccc2C#CCCO)CC1. The highest BCUT2D eigenvalue weighted by molar-refractivity contribution is 7.10. The molecule has 2 N–H and O–H groups in total. The average Bonchev–Trinajstić information content (AvgIpc) is 2.95. The first-order valence-corrected chi connectivity index (χ1v) is 8.22. The summed E-state index contributed by atoms with van der Waals surface area (Å²) in [4.78, 5) is 15.3. The maximum atomic E-state index is 11.6. The van der Waals surface area contributed by atoms with Gasteiger partial charge >= 0.3 is 0 Å². The summed E-state index contributed by atoms with van der Waals surface area (Å²) in [6.45, 7) is 2.93. The fourth-order valence-corrected chi connectivity index (χ4v) is 3.42. The molecular formula is C16H22N2O2S. The van der Waals surface area contributed by atoms with Crippen LogP contribution in [0.5, 0.6) is 0 Å². The number of aliphatic hydroxyl groups is 1. The van der Waals surface area contributed by atoms with Crippen molar-refractivity contribution in [2.45, 2.75) is 25.8 Å². The predicted octanol–water partition coefficient (Wildman–Crippen LogP) is 1.44. The van der Waals surface area contributed by atoms with Gasteiger partial charge in [0.05, 0.1) is 6.61 Å². The van der Waals surface area contributed by atoms with Crippen molar-refractivity contribution in [1.82, 2.24) is 10.2 Å². The van der Waals surface area contributed by atoms with Crippen LogP contribution in [-0.2, 0) is 11.3 Å². The fourth-order valence-electron chi connectivity index (χ4n) is 2.55. The fraction of sp³-hybridized carbons (Fsp3) is 0.562. The Labute approximate surface area is 130 Å². The maximum Gasteiger partial charge on any atom is 0.222 e. The molecule has 0 bridgehead atoms. The normalized spacial score (nSPS) is 16.3. The summed E-state index contributed by atoms with van der Waals surface area (Å²) in [5, 5.41) is 13.6. The molecule has 5 heteroatoms. The van der Waals surface area contributed by atoms with Gasteiger partial charge in [-0.25, -0.2) is 0 Å². The average molecular weight is 306 g/mol. The van der Waals surface area contributed by atoms with Crippen LogP contribution in [0.1, 0.15) is 29.7 Å². The molecule has 0 spiro atoms. The molecule has 2 rings (SSSR count). The van der Waals surface area contributed by atoms with Crippen molar-refractivity contribution in [2.24, 2.45) is 5.92 Å². The Bertz CT molecular complexity index is 522. The summed E-state index contributed by atoms with van der Waals surface area (Å²) in [6, 6.07) is 2.04. The topological polar surface area (TPSA) is 52.6 Å². The number of amides is 1. The second-order valence-electron chi connectivity index (χ2n) is 5.20. The Kier molecular flexibility index (Phi) is 6.24. The zero-order chi connectivity index (χ0) is 15.1. The van der Waals surface area contributed by atoms with Crippen LogP contribution in [0.2, 0.25) is 0 Å². The lowest BCUT2D eigenvalue weighted by molar-refractivity contribution is -0.125. The Morgan fingerprint density at radius 1 is 1.52 bits per heavy atom. The number of nitrogens with zero attached hydrogens (tertiary/aromatic N) is 1. The minimum Gasteiger partial charge on any atom is -0.395 e. The summed E-state index contributed by atoms with van der Waals surface area (Å²) in [5.74, 6) is 6.44. The molecule has 0 unspecified atom stereocenters. The molecule has 114 valence electrons. The van der Waals surface area contributed by atoms with E-state index in [0.717, 1.165) is 38.0 Å². The summed E-state index contributed by atoms with van der Waals surface area (Å²) >= 11 is 1.73. The number of hydrogen-bond donors (Lipinski definition) is 2. The van der Waals surface area contributed by atoms with E-state index >= 15 is 0 Å². The van der Waals surface area contributed by atoms with Gasteiger partial charge in [-0.3, -0.25) is 9.69 Å². The zero-order valence-electron chi connectivity index (χ0n) is 12.4. The number of piperidine rings is 1. The summed E-state index contributed by atoms with van der Waals surface area (Å²) in [7, 11) is 1.71. The first kappa shape index (κ1) is 16.0. The van der Waals surface area contributed by atoms with Crippen LogP contribution in [0.3, 0.4) is 0 Å². The van der Waals surface area contributed by atoms with E-state index in [1.165, 1.54) is 4.88 Å². The van der Waals surface area contributed by atoms with Gasteiger partial charge < -0.3 is 10.4 Å². The number of aliphatic hydroxyl groups excluding tert-OH is 1. The van der Waals surface area contributed by atoms with Gasteiger partial charge in [-0.2, -0.15) is 0 Å². The van der Waals surface area contributed by atoms with E-state index in [1.807, 2.05) is 6.07 Å². The Morgan fingerprint density at radius 2 is 2.29 bits per heavy atom. The number of likely N-dealkylation sites (tertiary alicyclic amines) is 1. The zero-order valence-corrected chi connectivity index (χ0v) is 13.2. The molecule has 0 aromatic carbocycles. The highest BCUT2D eigenvalue weighted by atomic mass is 32.1. The number of hydrogen-bond acceptors (Lipinski definition) is 4. The second-order valence-corrected chi connectivity index (χ2v) is 6.20. The van der Waals surface area contributed by atoms with Crippen molar-refractivity contribution < 1.29 is 9.90 Å². The van der Waals surface area contributed by atoms with Crippen LogP contribution >= 0.6 is 11.3 Å². The lowest BCUT2D eigenvalue weighted by atomic mass is 9.96. The molecule has 4 nitrogen and oxygen atoms in total. The van der Waals surface area contributed by atoms with E-state index < -0.39 is 0 Å². The number of nitrogens with one attached hydrogen (secondary N) is 1. The molecule has 0 saturated carbocycles. The van der Waals surface area contributed by atoms with Crippen LogP contribution in [0, 0.1) is 17.8 Å². The number of carbonyl (C=O) groups is 1. The van der Waals surface area contributed by atoms with E-state index in [0.29, 0.717) is 6.42 Å². The number of thiophene rings is 1. The van der Waals surface area contributed by atoms with Crippen LogP contribution in [-0.4, -0.2) is 42.7 Å². The molecule has 0 aliphatic carbocycles. The quantitative estimate of drug-likeness (QED) is 0.828. The van der Waals surface area contributed by atoms with Gasteiger partial charge in [0, 0.05) is 36.4 Å². The molecule has 0 radical (unpaired) electrons. The molecule has 1 aromatic heterocycles. The van der Waals surface area contributed by atoms with Gasteiger partial charge in [0.1, 0.15) is 0 Å². The van der Waals surface area contributed by atoms with Crippen molar-refractivity contribution >= 4 is 17.2 Å². The molecule has 0 atom stereocenters. The van der Waals surface area contributed by atoms with Gasteiger partial charge in [0.25, 0.3) is 0 Å². The van der Waals surface area contributed by atoms with Crippen molar-refractivity contribution in [3.8, 4) is 11.8 Å². The monoisotopic (exact) mass is 306 g/mol. The molecule has 1 aliphatic rings. The largest absolute Gasteiger partial charge is 0.395 e. The molecule has 1 amide bonds. The Hall–Kier alpha value is -1.35. The molecule has 2 heterocycles. The Morgan fingerprint density at radius 3 is 2.95 bits per heavy atom. The van der Waals surface area contributed by atoms with Gasteiger partial charge in [-0.1, -0.05) is 11.8 Å². The van der Waals surface area contributed by atoms with Gasteiger partial charge in [-0.05, 0) is 37.4 Å². The van der Waals surface area contributed by atoms with E-state index in [2.05, 4.69) is 27.4 Å². The Balaban J connectivity index is 1.88. The van der Waals surface area contributed by atoms with E-state index in [-0.39, 0.29) is 18.4 Å². The third-order valence-corrected chi connectivity index (χ3v) is 4.68. The minimum atomic E-state index is 0.111. The van der Waals surface area contributed by atoms with Crippen LogP contribution in [0.15, 0.2) is 11.4 Å². The van der Waals surface area contributed by atoms with Crippen LogP contribution in [0.25, 0.3) is 0 Å². The van der Waals surface area contributed by atoms with Gasteiger partial charge in [0.15, 0.2) is 0 Å². The van der Waals surface area contributed by atoms with E-state index in [9.17, 15) is 4.79 Å². The molecule has 1 fully saturated rings. The molecule has 1 saturated heterocycles. The first-order chi connectivity index (χ1) is 10.2. The highest BCUT2D eigenvalue weighted by Gasteiger charge is 2.24. The highest BCUT2D eigenvalue weighted by Crippen LogP contribution is 2.23. The van der Waals surface area contributed by atoms with Gasteiger partial charge in [-0.15, -0.1) is 11.3 Å². The van der Waals surface area contributed by atoms with Crippen molar-refractivity contribution in [3.63, 3.8) is 0 Å². The smallest absolute Gasteiger partial charge is 0.222 e. The summed E-state index contributed by atoms with van der Waals surface area (Å²) < 4.78 is 0. The van der Waals surface area contributed by atoms with E-state index in [4.69, 9.17) is 5.11 Å². The predicted molar refractivity (Wildman–Crippen MR) is 85.0 cm³/mol. The maximum absolute atomic E-state index is 11.6. The molecular weight excluding hydrogens is 284 g/mol. The third-order valence-electron chi connectivity index (χ3n) is 3.78. The number of rotatable bonds is 4. The molecule has 21 heavy (non-hydrogen) atoms. The molecule has 1 aromatic rings. The first-order valence-electron chi connectivity index (χ1n) is 7.34.